The normalized spacial score (nSPS) is 32.3. The number of carbonyl (C=O) groups is 3. The predicted octanol–water partition coefficient (Wildman–Crippen LogP) is 2.13. The zero-order valence-electron chi connectivity index (χ0n) is 17.8. The SMILES string of the molecule is CNC(=O)[C@@H]1[C@@H]2CCC3(S2)C(C(=O)Nc2ccccc2Cl)N([C@@H](CO)C(C)C)C(=O)[C@H]13. The molecule has 0 aromatic heterocycles. The van der Waals surface area contributed by atoms with Crippen molar-refractivity contribution in [1.82, 2.24) is 10.2 Å². The Bertz CT molecular complexity index is 912. The lowest BCUT2D eigenvalue weighted by Gasteiger charge is -2.38. The second-order valence-corrected chi connectivity index (χ2v) is 10.9. The van der Waals surface area contributed by atoms with Crippen molar-refractivity contribution < 1.29 is 19.5 Å². The minimum atomic E-state index is -0.787. The lowest BCUT2D eigenvalue weighted by Crippen LogP contribution is -2.56. The molecule has 168 valence electrons. The molecule has 2 bridgehead atoms. The van der Waals surface area contributed by atoms with E-state index in [1.54, 1.807) is 48.0 Å². The monoisotopic (exact) mass is 465 g/mol. The van der Waals surface area contributed by atoms with Gasteiger partial charge in [-0.3, -0.25) is 14.4 Å². The van der Waals surface area contributed by atoms with E-state index in [4.69, 9.17) is 11.6 Å². The average molecular weight is 466 g/mol. The van der Waals surface area contributed by atoms with Gasteiger partial charge >= 0.3 is 0 Å². The van der Waals surface area contributed by atoms with Crippen molar-refractivity contribution in [2.45, 2.75) is 48.8 Å². The van der Waals surface area contributed by atoms with E-state index in [-0.39, 0.29) is 35.5 Å². The Morgan fingerprint density at radius 3 is 2.65 bits per heavy atom. The molecule has 3 N–H and O–H groups in total. The predicted molar refractivity (Wildman–Crippen MR) is 121 cm³/mol. The summed E-state index contributed by atoms with van der Waals surface area (Å²) in [5.41, 5.74) is 0.479. The summed E-state index contributed by atoms with van der Waals surface area (Å²) in [5, 5.41) is 16.2. The standard InChI is InChI=1S/C22H28ClN3O4S/c1-11(2)14(10-27)26-18(20(29)25-13-7-5-4-6-12(13)23)22-9-8-15(31-22)16(19(28)24-3)17(22)21(26)30/h4-7,11,14-18,27H,8-10H2,1-3H3,(H,24,28)(H,25,29)/t14-,15-,16+,17-,18?,22?/m0/s1. The molecule has 7 nitrogen and oxygen atoms in total. The summed E-state index contributed by atoms with van der Waals surface area (Å²) in [7, 11) is 1.58. The van der Waals surface area contributed by atoms with Crippen molar-refractivity contribution in [2.24, 2.45) is 17.8 Å². The molecule has 0 saturated carbocycles. The van der Waals surface area contributed by atoms with Gasteiger partial charge in [-0.05, 0) is 30.9 Å². The largest absolute Gasteiger partial charge is 0.394 e. The number of hydrogen-bond acceptors (Lipinski definition) is 5. The molecule has 3 aliphatic heterocycles. The fourth-order valence-electron chi connectivity index (χ4n) is 5.60. The highest BCUT2D eigenvalue weighted by Crippen LogP contribution is 2.66. The molecule has 3 aliphatic rings. The number of anilines is 1. The van der Waals surface area contributed by atoms with Crippen LogP contribution in [0.1, 0.15) is 26.7 Å². The number of halogens is 1. The highest BCUT2D eigenvalue weighted by Gasteiger charge is 2.74. The van der Waals surface area contributed by atoms with E-state index < -0.39 is 28.7 Å². The van der Waals surface area contributed by atoms with E-state index >= 15 is 0 Å². The van der Waals surface area contributed by atoms with Gasteiger partial charge in [-0.1, -0.05) is 37.6 Å². The smallest absolute Gasteiger partial charge is 0.248 e. The second kappa shape index (κ2) is 8.30. The van der Waals surface area contributed by atoms with E-state index in [9.17, 15) is 19.5 Å². The van der Waals surface area contributed by atoms with Crippen LogP contribution < -0.4 is 10.6 Å². The third-order valence-electron chi connectivity index (χ3n) is 6.98. The first kappa shape index (κ1) is 22.4. The molecule has 1 spiro atoms. The van der Waals surface area contributed by atoms with Crippen LogP contribution in [0.4, 0.5) is 5.69 Å². The fraction of sp³-hybridized carbons (Fsp3) is 0.591. The molecule has 31 heavy (non-hydrogen) atoms. The number of rotatable bonds is 6. The first-order valence-corrected chi connectivity index (χ1v) is 11.9. The number of benzene rings is 1. The summed E-state index contributed by atoms with van der Waals surface area (Å²) in [6.07, 6.45) is 1.46. The Morgan fingerprint density at radius 2 is 2.03 bits per heavy atom. The number of hydrogen-bond donors (Lipinski definition) is 3. The molecule has 3 fully saturated rings. The number of carbonyl (C=O) groups excluding carboxylic acids is 3. The maximum atomic E-state index is 13.8. The maximum Gasteiger partial charge on any atom is 0.248 e. The molecule has 3 amide bonds. The molecule has 0 radical (unpaired) electrons. The minimum Gasteiger partial charge on any atom is -0.394 e. The van der Waals surface area contributed by atoms with Crippen molar-refractivity contribution in [3.63, 3.8) is 0 Å². The number of fused-ring (bicyclic) bond motifs is 1. The number of nitrogens with zero attached hydrogens (tertiary/aromatic N) is 1. The van der Waals surface area contributed by atoms with E-state index in [2.05, 4.69) is 10.6 Å². The van der Waals surface area contributed by atoms with Crippen molar-refractivity contribution in [3.05, 3.63) is 29.3 Å². The van der Waals surface area contributed by atoms with Gasteiger partial charge in [0.1, 0.15) is 6.04 Å². The molecule has 4 rings (SSSR count). The molecule has 9 heteroatoms. The van der Waals surface area contributed by atoms with Gasteiger partial charge in [0.25, 0.3) is 0 Å². The van der Waals surface area contributed by atoms with Gasteiger partial charge < -0.3 is 20.6 Å². The van der Waals surface area contributed by atoms with Crippen LogP contribution in [0.15, 0.2) is 24.3 Å². The third-order valence-corrected chi connectivity index (χ3v) is 9.26. The number of nitrogens with one attached hydrogen (secondary N) is 2. The van der Waals surface area contributed by atoms with E-state index in [1.165, 1.54) is 0 Å². The molecule has 3 saturated heterocycles. The quantitative estimate of drug-likeness (QED) is 0.597. The average Bonchev–Trinajstić information content (AvgIpc) is 3.37. The van der Waals surface area contributed by atoms with Crippen molar-refractivity contribution >= 4 is 46.8 Å². The van der Waals surface area contributed by atoms with Gasteiger partial charge in [-0.2, -0.15) is 0 Å². The number of thioether (sulfide) groups is 1. The van der Waals surface area contributed by atoms with Crippen LogP contribution in [0.3, 0.4) is 0 Å². The summed E-state index contributed by atoms with van der Waals surface area (Å²) in [6.45, 7) is 3.59. The topological polar surface area (TPSA) is 98.7 Å². The lowest BCUT2D eigenvalue weighted by molar-refractivity contribution is -0.142. The van der Waals surface area contributed by atoms with E-state index in [0.717, 1.165) is 6.42 Å². The Balaban J connectivity index is 1.78. The lowest BCUT2D eigenvalue weighted by atomic mass is 9.70. The number of likely N-dealkylation sites (tertiary alicyclic amines) is 1. The molecule has 0 aliphatic carbocycles. The first-order valence-electron chi connectivity index (χ1n) is 10.6. The van der Waals surface area contributed by atoms with Crippen LogP contribution in [0.25, 0.3) is 0 Å². The Labute approximate surface area is 191 Å². The Kier molecular flexibility index (Phi) is 6.00. The van der Waals surface area contributed by atoms with Crippen LogP contribution in [0, 0.1) is 17.8 Å². The summed E-state index contributed by atoms with van der Waals surface area (Å²) in [4.78, 5) is 41.7. The van der Waals surface area contributed by atoms with E-state index in [1.807, 2.05) is 13.8 Å². The minimum absolute atomic E-state index is 0.0123. The van der Waals surface area contributed by atoms with Crippen LogP contribution in [-0.2, 0) is 14.4 Å². The fourth-order valence-corrected chi connectivity index (χ4v) is 7.99. The number of amides is 3. The zero-order valence-corrected chi connectivity index (χ0v) is 19.4. The van der Waals surface area contributed by atoms with Crippen LogP contribution in [-0.4, -0.2) is 63.5 Å². The molecular weight excluding hydrogens is 438 g/mol. The molecular formula is C22H28ClN3O4S. The molecule has 1 aromatic rings. The highest BCUT2D eigenvalue weighted by molar-refractivity contribution is 8.02. The second-order valence-electron chi connectivity index (χ2n) is 8.88. The van der Waals surface area contributed by atoms with Gasteiger partial charge in [0.05, 0.1) is 39.9 Å². The van der Waals surface area contributed by atoms with Crippen molar-refractivity contribution in [1.29, 1.82) is 0 Å². The number of aliphatic hydroxyl groups is 1. The maximum absolute atomic E-state index is 13.8. The molecule has 3 heterocycles. The zero-order chi connectivity index (χ0) is 22.5. The summed E-state index contributed by atoms with van der Waals surface area (Å²) in [5.74, 6) is -1.80. The van der Waals surface area contributed by atoms with Gasteiger partial charge in [0, 0.05) is 12.3 Å². The van der Waals surface area contributed by atoms with Gasteiger partial charge in [0.15, 0.2) is 0 Å². The van der Waals surface area contributed by atoms with Gasteiger partial charge in [-0.15, -0.1) is 11.8 Å². The molecule has 1 aromatic carbocycles. The number of aliphatic hydroxyl groups excluding tert-OH is 1. The van der Waals surface area contributed by atoms with Crippen molar-refractivity contribution in [2.75, 3.05) is 19.0 Å². The molecule has 2 unspecified atom stereocenters. The Hall–Kier alpha value is -1.77. The summed E-state index contributed by atoms with van der Waals surface area (Å²) >= 11 is 7.86. The highest BCUT2D eigenvalue weighted by atomic mass is 35.5. The van der Waals surface area contributed by atoms with Gasteiger partial charge in [0.2, 0.25) is 17.7 Å². The van der Waals surface area contributed by atoms with E-state index in [0.29, 0.717) is 17.1 Å². The van der Waals surface area contributed by atoms with Crippen molar-refractivity contribution in [3.8, 4) is 0 Å². The first-order chi connectivity index (χ1) is 14.8. The van der Waals surface area contributed by atoms with Crippen LogP contribution in [0.5, 0.6) is 0 Å². The summed E-state index contributed by atoms with van der Waals surface area (Å²) < 4.78 is -0.688. The van der Waals surface area contributed by atoms with Gasteiger partial charge in [-0.25, -0.2) is 0 Å². The number of para-hydroxylation sites is 1. The molecule has 6 atom stereocenters. The third kappa shape index (κ3) is 3.34. The van der Waals surface area contributed by atoms with Crippen LogP contribution >= 0.6 is 23.4 Å². The van der Waals surface area contributed by atoms with Crippen LogP contribution in [0.2, 0.25) is 5.02 Å². The Morgan fingerprint density at radius 1 is 1.32 bits per heavy atom. The summed E-state index contributed by atoms with van der Waals surface area (Å²) in [6, 6.07) is 5.67.